The number of primary amides is 1. The van der Waals surface area contributed by atoms with E-state index >= 15 is 0 Å². The van der Waals surface area contributed by atoms with E-state index in [4.69, 9.17) is 5.73 Å². The lowest BCUT2D eigenvalue weighted by molar-refractivity contribution is -0.125. The van der Waals surface area contributed by atoms with Crippen LogP contribution in [0.25, 0.3) is 0 Å². The first-order valence-electron chi connectivity index (χ1n) is 8.69. The molecule has 28 heavy (non-hydrogen) atoms. The lowest BCUT2D eigenvalue weighted by atomic mass is 9.93. The topological polar surface area (TPSA) is 117 Å². The van der Waals surface area contributed by atoms with E-state index in [2.05, 4.69) is 15.6 Å². The number of nitrogens with zero attached hydrogens (tertiary/aromatic N) is 2. The van der Waals surface area contributed by atoms with Gasteiger partial charge in [0.25, 0.3) is 0 Å². The maximum Gasteiger partial charge on any atom is 0.511 e. The molecule has 1 heterocycles. The van der Waals surface area contributed by atoms with Gasteiger partial charge in [-0.3, -0.25) is 9.79 Å². The fourth-order valence-electron chi connectivity index (χ4n) is 2.44. The molecule has 0 unspecified atom stereocenters. The van der Waals surface area contributed by atoms with Gasteiger partial charge >= 0.3 is 15.5 Å². The molecular weight excluding hydrogens is 514 g/mol. The maximum absolute atomic E-state index is 12.6. The largest absolute Gasteiger partial charge is 0.511 e. The molecule has 0 spiro atoms. The second-order valence-electron chi connectivity index (χ2n) is 7.12. The van der Waals surface area contributed by atoms with E-state index < -0.39 is 26.9 Å². The highest BCUT2D eigenvalue weighted by Crippen LogP contribution is 2.30. The highest BCUT2D eigenvalue weighted by atomic mass is 127. The normalized spacial score (nSPS) is 17.7. The highest BCUT2D eigenvalue weighted by Gasteiger charge is 2.50. The van der Waals surface area contributed by atoms with E-state index in [0.717, 1.165) is 0 Å². The molecule has 0 atom stereocenters. The fourth-order valence-corrected chi connectivity index (χ4v) is 3.42. The molecule has 1 amide bonds. The number of hydrogen-bond acceptors (Lipinski definition) is 4. The third-order valence-corrected chi connectivity index (χ3v) is 6.04. The number of rotatable bonds is 7. The van der Waals surface area contributed by atoms with Crippen molar-refractivity contribution in [3.05, 3.63) is 0 Å². The molecule has 1 fully saturated rings. The van der Waals surface area contributed by atoms with Crippen LogP contribution in [0.5, 0.6) is 0 Å². The Kier molecular flexibility index (Phi) is 10.5. The first kappa shape index (κ1) is 27.2. The van der Waals surface area contributed by atoms with E-state index in [-0.39, 0.29) is 49.5 Å². The van der Waals surface area contributed by atoms with Crippen molar-refractivity contribution in [3.63, 3.8) is 0 Å². The summed E-state index contributed by atoms with van der Waals surface area (Å²) in [6, 6.07) is 0. The van der Waals surface area contributed by atoms with Crippen molar-refractivity contribution in [2.75, 3.05) is 32.7 Å². The van der Waals surface area contributed by atoms with Gasteiger partial charge < -0.3 is 16.4 Å². The van der Waals surface area contributed by atoms with E-state index in [1.165, 1.54) is 0 Å². The summed E-state index contributed by atoms with van der Waals surface area (Å²) in [5.41, 5.74) is -0.756. The SMILES string of the molecule is CCNC(=NCC(C)(C)C(N)=O)NCC1CCN(S(=O)(=O)C(F)(F)F)CC1.I. The van der Waals surface area contributed by atoms with Gasteiger partial charge in [-0.15, -0.1) is 24.0 Å². The second-order valence-corrected chi connectivity index (χ2v) is 9.05. The quantitative estimate of drug-likeness (QED) is 0.254. The molecule has 8 nitrogen and oxygen atoms in total. The average molecular weight is 543 g/mol. The van der Waals surface area contributed by atoms with Crippen LogP contribution in [0, 0.1) is 11.3 Å². The van der Waals surface area contributed by atoms with E-state index in [1.54, 1.807) is 13.8 Å². The van der Waals surface area contributed by atoms with Gasteiger partial charge in [0, 0.05) is 26.2 Å². The molecule has 0 aromatic carbocycles. The third-order valence-electron chi connectivity index (χ3n) is 4.41. The van der Waals surface area contributed by atoms with Gasteiger partial charge in [-0.1, -0.05) is 0 Å². The first-order valence-corrected chi connectivity index (χ1v) is 10.1. The van der Waals surface area contributed by atoms with Gasteiger partial charge in [0.15, 0.2) is 5.96 Å². The second kappa shape index (κ2) is 10.8. The number of piperidine rings is 1. The summed E-state index contributed by atoms with van der Waals surface area (Å²) >= 11 is 0. The highest BCUT2D eigenvalue weighted by molar-refractivity contribution is 14.0. The molecule has 0 aromatic heterocycles. The minimum absolute atomic E-state index is 0. The summed E-state index contributed by atoms with van der Waals surface area (Å²) in [4.78, 5) is 15.7. The molecule has 13 heteroatoms. The van der Waals surface area contributed by atoms with Crippen molar-refractivity contribution >= 4 is 45.9 Å². The Hall–Kier alpha value is -0.830. The van der Waals surface area contributed by atoms with E-state index in [1.807, 2.05) is 6.92 Å². The van der Waals surface area contributed by atoms with Crippen LogP contribution in [0.2, 0.25) is 0 Å². The van der Waals surface area contributed by atoms with Gasteiger partial charge in [-0.2, -0.15) is 17.5 Å². The van der Waals surface area contributed by atoms with Crippen LogP contribution in [-0.2, 0) is 14.8 Å². The minimum atomic E-state index is -5.27. The van der Waals surface area contributed by atoms with Crippen molar-refractivity contribution in [1.29, 1.82) is 0 Å². The van der Waals surface area contributed by atoms with Gasteiger partial charge in [0.1, 0.15) is 0 Å². The summed E-state index contributed by atoms with van der Waals surface area (Å²) in [6.07, 6.45) is 0.628. The molecule has 166 valence electrons. The molecule has 0 aromatic rings. The zero-order valence-corrected chi connectivity index (χ0v) is 19.3. The maximum atomic E-state index is 12.6. The van der Waals surface area contributed by atoms with Crippen molar-refractivity contribution in [2.24, 2.45) is 22.1 Å². The number of sulfonamides is 1. The molecule has 0 aliphatic carbocycles. The molecule has 1 aliphatic rings. The predicted molar refractivity (Wildman–Crippen MR) is 112 cm³/mol. The van der Waals surface area contributed by atoms with Crippen LogP contribution >= 0.6 is 24.0 Å². The third kappa shape index (κ3) is 7.54. The summed E-state index contributed by atoms with van der Waals surface area (Å²) in [7, 11) is -5.26. The number of alkyl halides is 3. The van der Waals surface area contributed by atoms with Crippen molar-refractivity contribution in [3.8, 4) is 0 Å². The van der Waals surface area contributed by atoms with Gasteiger partial charge in [0.05, 0.1) is 12.0 Å². The number of hydrogen-bond donors (Lipinski definition) is 3. The van der Waals surface area contributed by atoms with Crippen LogP contribution in [0.4, 0.5) is 13.2 Å². The number of halogens is 4. The molecule has 1 rings (SSSR count). The number of nitrogens with one attached hydrogen (secondary N) is 2. The number of carbonyl (C=O) groups is 1. The van der Waals surface area contributed by atoms with Crippen LogP contribution in [0.1, 0.15) is 33.6 Å². The smallest absolute Gasteiger partial charge is 0.369 e. The Bertz CT molecular complexity index is 648. The number of carbonyl (C=O) groups excluding carboxylic acids is 1. The predicted octanol–water partition coefficient (Wildman–Crippen LogP) is 1.23. The summed E-state index contributed by atoms with van der Waals surface area (Å²) < 4.78 is 61.1. The monoisotopic (exact) mass is 543 g/mol. The molecule has 1 saturated heterocycles. The van der Waals surface area contributed by atoms with Crippen LogP contribution < -0.4 is 16.4 Å². The summed E-state index contributed by atoms with van der Waals surface area (Å²) in [5.74, 6) is 0.00945. The molecule has 0 radical (unpaired) electrons. The molecule has 0 saturated carbocycles. The summed E-state index contributed by atoms with van der Waals surface area (Å²) in [6.45, 7) is 6.09. The van der Waals surface area contributed by atoms with Gasteiger partial charge in [0.2, 0.25) is 5.91 Å². The molecule has 4 N–H and O–H groups in total. The molecule has 1 aliphatic heterocycles. The van der Waals surface area contributed by atoms with Crippen LogP contribution in [-0.4, -0.2) is 62.8 Å². The van der Waals surface area contributed by atoms with Crippen LogP contribution in [0.3, 0.4) is 0 Å². The van der Waals surface area contributed by atoms with Crippen molar-refractivity contribution in [1.82, 2.24) is 14.9 Å². The zero-order valence-electron chi connectivity index (χ0n) is 16.2. The molecular formula is C15H29F3IN5O3S. The Balaban J connectivity index is 0.00000729. The minimum Gasteiger partial charge on any atom is -0.369 e. The van der Waals surface area contributed by atoms with Crippen molar-refractivity contribution in [2.45, 2.75) is 39.1 Å². The lowest BCUT2D eigenvalue weighted by Crippen LogP contribution is -2.47. The van der Waals surface area contributed by atoms with Crippen LogP contribution in [0.15, 0.2) is 4.99 Å². The van der Waals surface area contributed by atoms with E-state index in [0.29, 0.717) is 36.2 Å². The zero-order chi connectivity index (χ0) is 20.9. The number of amides is 1. The van der Waals surface area contributed by atoms with Gasteiger partial charge in [-0.25, -0.2) is 8.42 Å². The molecule has 0 bridgehead atoms. The standard InChI is InChI=1S/C15H28F3N5O3S.HI/c1-4-20-13(22-10-14(2,3)12(19)24)21-9-11-5-7-23(8-6-11)27(25,26)15(16,17)18;/h11H,4-10H2,1-3H3,(H2,19,24)(H2,20,21,22);1H. The number of aliphatic imine (C=N–C) groups is 1. The first-order chi connectivity index (χ1) is 12.3. The number of nitrogens with two attached hydrogens (primary N) is 1. The Morgan fingerprint density at radius 2 is 1.75 bits per heavy atom. The Morgan fingerprint density at radius 1 is 1.21 bits per heavy atom. The van der Waals surface area contributed by atoms with E-state index in [9.17, 15) is 26.4 Å². The Morgan fingerprint density at radius 3 is 2.18 bits per heavy atom. The number of guanidine groups is 1. The van der Waals surface area contributed by atoms with Gasteiger partial charge in [-0.05, 0) is 39.5 Å². The average Bonchev–Trinajstić information content (AvgIpc) is 2.56. The fraction of sp³-hybridized carbons (Fsp3) is 0.867. The van der Waals surface area contributed by atoms with Crippen molar-refractivity contribution < 1.29 is 26.4 Å². The summed E-state index contributed by atoms with van der Waals surface area (Å²) in [5, 5.41) is 6.10. The Labute approximate surface area is 181 Å². The lowest BCUT2D eigenvalue weighted by Gasteiger charge is -2.31.